The highest BCUT2D eigenvalue weighted by Crippen LogP contribution is 2.26. The molecule has 1 saturated carbocycles. The standard InChI is InChI=1S/C17H25FN2O2/c1-12(11-15(21)13-5-7-14(18)8-6-13)20-16(22)17(19)9-3-2-4-10-17/h5-8,12,15,21H,2-4,9-11,19H2,1H3,(H,20,22). The molecule has 0 aromatic heterocycles. The number of hydrogen-bond donors (Lipinski definition) is 3. The Balaban J connectivity index is 1.87. The van der Waals surface area contributed by atoms with Gasteiger partial charge in [-0.3, -0.25) is 4.79 Å². The first kappa shape index (κ1) is 16.9. The monoisotopic (exact) mass is 308 g/mol. The van der Waals surface area contributed by atoms with Crippen molar-refractivity contribution in [3.05, 3.63) is 35.6 Å². The van der Waals surface area contributed by atoms with Crippen LogP contribution in [0.1, 0.15) is 57.1 Å². The number of carbonyl (C=O) groups is 1. The summed E-state index contributed by atoms with van der Waals surface area (Å²) < 4.78 is 12.9. The van der Waals surface area contributed by atoms with Gasteiger partial charge in [-0.2, -0.15) is 0 Å². The minimum atomic E-state index is -0.770. The van der Waals surface area contributed by atoms with Crippen LogP contribution in [-0.4, -0.2) is 22.6 Å². The molecule has 1 fully saturated rings. The molecule has 2 atom stereocenters. The van der Waals surface area contributed by atoms with Crippen molar-refractivity contribution >= 4 is 5.91 Å². The molecule has 1 amide bonds. The molecule has 2 unspecified atom stereocenters. The van der Waals surface area contributed by atoms with Gasteiger partial charge in [0.25, 0.3) is 0 Å². The van der Waals surface area contributed by atoms with Crippen molar-refractivity contribution in [2.75, 3.05) is 0 Å². The smallest absolute Gasteiger partial charge is 0.240 e. The summed E-state index contributed by atoms with van der Waals surface area (Å²) >= 11 is 0. The molecule has 0 aliphatic heterocycles. The lowest BCUT2D eigenvalue weighted by atomic mass is 9.81. The highest BCUT2D eigenvalue weighted by molar-refractivity contribution is 5.86. The largest absolute Gasteiger partial charge is 0.388 e. The van der Waals surface area contributed by atoms with E-state index >= 15 is 0 Å². The summed E-state index contributed by atoms with van der Waals surface area (Å²) in [7, 11) is 0. The molecule has 22 heavy (non-hydrogen) atoms. The minimum absolute atomic E-state index is 0.133. The van der Waals surface area contributed by atoms with Crippen LogP contribution in [0, 0.1) is 5.82 Å². The Bertz CT molecular complexity index is 498. The van der Waals surface area contributed by atoms with Crippen LogP contribution in [0.5, 0.6) is 0 Å². The van der Waals surface area contributed by atoms with E-state index in [1.54, 1.807) is 12.1 Å². The fourth-order valence-corrected chi connectivity index (χ4v) is 2.99. The van der Waals surface area contributed by atoms with Crippen LogP contribution in [0.25, 0.3) is 0 Å². The van der Waals surface area contributed by atoms with Gasteiger partial charge in [0.05, 0.1) is 11.6 Å². The number of amides is 1. The van der Waals surface area contributed by atoms with Crippen LogP contribution in [0.15, 0.2) is 24.3 Å². The van der Waals surface area contributed by atoms with Gasteiger partial charge < -0.3 is 16.2 Å². The Kier molecular flexibility index (Phi) is 5.53. The zero-order valence-corrected chi connectivity index (χ0v) is 13.0. The first-order valence-corrected chi connectivity index (χ1v) is 7.94. The highest BCUT2D eigenvalue weighted by atomic mass is 19.1. The number of hydrogen-bond acceptors (Lipinski definition) is 3. The van der Waals surface area contributed by atoms with E-state index in [0.717, 1.165) is 19.3 Å². The van der Waals surface area contributed by atoms with E-state index in [9.17, 15) is 14.3 Å². The van der Waals surface area contributed by atoms with E-state index in [1.165, 1.54) is 12.1 Å². The number of carbonyl (C=O) groups excluding carboxylic acids is 1. The van der Waals surface area contributed by atoms with Crippen molar-refractivity contribution in [1.82, 2.24) is 5.32 Å². The van der Waals surface area contributed by atoms with Crippen molar-refractivity contribution in [2.45, 2.75) is 63.1 Å². The normalized spacial score (nSPS) is 20.2. The average molecular weight is 308 g/mol. The summed E-state index contributed by atoms with van der Waals surface area (Å²) in [5.74, 6) is -0.467. The second kappa shape index (κ2) is 7.20. The van der Waals surface area contributed by atoms with E-state index < -0.39 is 11.6 Å². The van der Waals surface area contributed by atoms with E-state index in [4.69, 9.17) is 5.73 Å². The van der Waals surface area contributed by atoms with Crippen molar-refractivity contribution < 1.29 is 14.3 Å². The molecule has 0 saturated heterocycles. The molecule has 122 valence electrons. The molecule has 1 aromatic carbocycles. The van der Waals surface area contributed by atoms with Crippen LogP contribution in [0.2, 0.25) is 0 Å². The maximum absolute atomic E-state index is 12.9. The third kappa shape index (κ3) is 4.27. The summed E-state index contributed by atoms with van der Waals surface area (Å²) in [6.45, 7) is 1.84. The van der Waals surface area contributed by atoms with Crippen LogP contribution < -0.4 is 11.1 Å². The number of nitrogens with one attached hydrogen (secondary N) is 1. The Morgan fingerprint density at radius 3 is 2.50 bits per heavy atom. The molecular formula is C17H25FN2O2. The van der Waals surface area contributed by atoms with Crippen LogP contribution in [-0.2, 0) is 4.79 Å². The van der Waals surface area contributed by atoms with Gasteiger partial charge in [0.2, 0.25) is 5.91 Å². The molecule has 0 bridgehead atoms. The lowest BCUT2D eigenvalue weighted by Crippen LogP contribution is -2.56. The topological polar surface area (TPSA) is 75.3 Å². The number of nitrogens with two attached hydrogens (primary N) is 1. The Morgan fingerprint density at radius 1 is 1.32 bits per heavy atom. The predicted molar refractivity (Wildman–Crippen MR) is 83.6 cm³/mol. The number of benzene rings is 1. The second-order valence-corrected chi connectivity index (χ2v) is 6.39. The van der Waals surface area contributed by atoms with Gasteiger partial charge in [0.1, 0.15) is 5.82 Å². The van der Waals surface area contributed by atoms with E-state index in [0.29, 0.717) is 24.8 Å². The lowest BCUT2D eigenvalue weighted by molar-refractivity contribution is -0.128. The average Bonchev–Trinajstić information content (AvgIpc) is 2.48. The van der Waals surface area contributed by atoms with Gasteiger partial charge >= 0.3 is 0 Å². The quantitative estimate of drug-likeness (QED) is 0.782. The Labute approximate surface area is 130 Å². The maximum atomic E-state index is 12.9. The molecule has 0 spiro atoms. The molecule has 1 aromatic rings. The summed E-state index contributed by atoms with van der Waals surface area (Å²) in [4.78, 5) is 12.3. The van der Waals surface area contributed by atoms with Gasteiger partial charge in [-0.25, -0.2) is 4.39 Å². The Morgan fingerprint density at radius 2 is 1.91 bits per heavy atom. The van der Waals surface area contributed by atoms with E-state index in [2.05, 4.69) is 5.32 Å². The molecular weight excluding hydrogens is 283 g/mol. The minimum Gasteiger partial charge on any atom is -0.388 e. The summed E-state index contributed by atoms with van der Waals surface area (Å²) in [5.41, 5.74) is 6.06. The van der Waals surface area contributed by atoms with E-state index in [1.807, 2.05) is 6.92 Å². The molecule has 1 aliphatic carbocycles. The van der Waals surface area contributed by atoms with Crippen LogP contribution >= 0.6 is 0 Å². The first-order chi connectivity index (χ1) is 10.4. The summed E-state index contributed by atoms with van der Waals surface area (Å²) in [5, 5.41) is 13.1. The molecule has 4 N–H and O–H groups in total. The van der Waals surface area contributed by atoms with Crippen molar-refractivity contribution in [2.24, 2.45) is 5.73 Å². The molecule has 0 radical (unpaired) electrons. The number of aliphatic hydroxyl groups is 1. The fraction of sp³-hybridized carbons (Fsp3) is 0.588. The lowest BCUT2D eigenvalue weighted by Gasteiger charge is -2.33. The van der Waals surface area contributed by atoms with Crippen molar-refractivity contribution in [3.63, 3.8) is 0 Å². The summed E-state index contributed by atoms with van der Waals surface area (Å²) in [6.07, 6.45) is 4.15. The molecule has 2 rings (SSSR count). The first-order valence-electron chi connectivity index (χ1n) is 7.94. The third-order valence-corrected chi connectivity index (χ3v) is 4.41. The Hall–Kier alpha value is -1.46. The van der Waals surface area contributed by atoms with Crippen molar-refractivity contribution in [1.29, 1.82) is 0 Å². The number of aliphatic hydroxyl groups excluding tert-OH is 1. The van der Waals surface area contributed by atoms with Gasteiger partial charge in [0.15, 0.2) is 0 Å². The third-order valence-electron chi connectivity index (χ3n) is 4.41. The van der Waals surface area contributed by atoms with Gasteiger partial charge in [0, 0.05) is 6.04 Å². The SMILES string of the molecule is CC(CC(O)c1ccc(F)cc1)NC(=O)C1(N)CCCCC1. The highest BCUT2D eigenvalue weighted by Gasteiger charge is 2.35. The number of halogens is 1. The zero-order chi connectivity index (χ0) is 16.2. The molecule has 1 aliphatic rings. The van der Waals surface area contributed by atoms with Gasteiger partial charge in [-0.05, 0) is 43.9 Å². The predicted octanol–water partition coefficient (Wildman–Crippen LogP) is 2.42. The number of rotatable bonds is 5. The van der Waals surface area contributed by atoms with Crippen molar-refractivity contribution in [3.8, 4) is 0 Å². The maximum Gasteiger partial charge on any atom is 0.240 e. The summed E-state index contributed by atoms with van der Waals surface area (Å²) in [6, 6.07) is 5.55. The second-order valence-electron chi connectivity index (χ2n) is 6.39. The van der Waals surface area contributed by atoms with Gasteiger partial charge in [-0.1, -0.05) is 31.4 Å². The molecule has 5 heteroatoms. The fourth-order valence-electron chi connectivity index (χ4n) is 2.99. The molecule has 0 heterocycles. The van der Waals surface area contributed by atoms with E-state index in [-0.39, 0.29) is 17.8 Å². The zero-order valence-electron chi connectivity index (χ0n) is 13.0. The van der Waals surface area contributed by atoms with Crippen LogP contribution in [0.3, 0.4) is 0 Å². The van der Waals surface area contributed by atoms with Crippen LogP contribution in [0.4, 0.5) is 4.39 Å². The molecule has 4 nitrogen and oxygen atoms in total. The van der Waals surface area contributed by atoms with Gasteiger partial charge in [-0.15, -0.1) is 0 Å².